The molecule has 1 rings (SSSR count). The van der Waals surface area contributed by atoms with Crippen molar-refractivity contribution in [2.75, 3.05) is 39.3 Å². The summed E-state index contributed by atoms with van der Waals surface area (Å²) < 4.78 is 0. The van der Waals surface area contributed by atoms with E-state index in [2.05, 4.69) is 52.8 Å². The number of rotatable bonds is 46. The molecule has 1 saturated heterocycles. The Morgan fingerprint density at radius 1 is 0.500 bits per heavy atom. The van der Waals surface area contributed by atoms with Gasteiger partial charge in [-0.3, -0.25) is 72.1 Å². The molecule has 0 saturated carbocycles. The summed E-state index contributed by atoms with van der Waals surface area (Å²) in [6.07, 6.45) is 1.31. The summed E-state index contributed by atoms with van der Waals surface area (Å²) in [7, 11) is 0. The van der Waals surface area contributed by atoms with E-state index in [9.17, 15) is 77.3 Å². The first kappa shape index (κ1) is 77.9. The number of amides is 11. The van der Waals surface area contributed by atoms with E-state index < -0.39 is 163 Å². The number of nitrogens with zero attached hydrogens (tertiary/aromatic N) is 2. The maximum Gasteiger partial charge on any atom is 0.305 e. The lowest BCUT2D eigenvalue weighted by molar-refractivity contribution is -0.142. The predicted octanol–water partition coefficient (Wildman–Crippen LogP) is -6.39. The second-order valence-corrected chi connectivity index (χ2v) is 21.7. The second-order valence-electron chi connectivity index (χ2n) is 21.7. The molecule has 0 aliphatic carbocycles. The Morgan fingerprint density at radius 3 is 1.26 bits per heavy atom. The van der Waals surface area contributed by atoms with Crippen LogP contribution in [0.2, 0.25) is 0 Å². The molecule has 1 fully saturated rings. The van der Waals surface area contributed by atoms with Gasteiger partial charge in [0.15, 0.2) is 5.96 Å². The molecule has 1 aliphatic rings. The van der Waals surface area contributed by atoms with Crippen molar-refractivity contribution in [1.29, 1.82) is 0 Å². The van der Waals surface area contributed by atoms with Crippen LogP contribution in [0.1, 0.15) is 143 Å². The molecule has 1 aliphatic heterocycles. The van der Waals surface area contributed by atoms with Crippen LogP contribution in [0.5, 0.6) is 0 Å². The third-order valence-electron chi connectivity index (χ3n) is 14.1. The lowest BCUT2D eigenvalue weighted by atomic mass is 10.00. The fraction of sp³-hybridized carbons (Fsp3) is 0.722. The van der Waals surface area contributed by atoms with E-state index in [0.29, 0.717) is 44.9 Å². The van der Waals surface area contributed by atoms with E-state index in [-0.39, 0.29) is 109 Å². The van der Waals surface area contributed by atoms with Gasteiger partial charge in [0.05, 0.1) is 6.42 Å². The summed E-state index contributed by atoms with van der Waals surface area (Å²) in [6, 6.07) is -13.9. The van der Waals surface area contributed by atoms with Gasteiger partial charge in [0.1, 0.15) is 60.4 Å². The smallest absolute Gasteiger partial charge is 0.305 e. The molecule has 10 atom stereocenters. The van der Waals surface area contributed by atoms with Crippen molar-refractivity contribution >= 4 is 89.2 Å². The van der Waals surface area contributed by atoms with E-state index in [1.54, 1.807) is 0 Å². The molecule has 88 heavy (non-hydrogen) atoms. The van der Waals surface area contributed by atoms with Gasteiger partial charge < -0.3 is 103 Å². The molecule has 0 aromatic carbocycles. The number of likely N-dealkylation sites (tertiary alicyclic amines) is 1. The third kappa shape index (κ3) is 30.0. The molecule has 0 aromatic heterocycles. The van der Waals surface area contributed by atoms with Crippen LogP contribution in [0.3, 0.4) is 0 Å². The number of aldehydes is 1. The Balaban J connectivity index is 3.66. The Kier molecular flexibility index (Phi) is 37.8. The molecule has 1 heterocycles. The highest BCUT2D eigenvalue weighted by Gasteiger charge is 2.39. The molecule has 11 amide bonds. The number of carbonyl (C=O) groups is 14. The van der Waals surface area contributed by atoms with Gasteiger partial charge in [-0.2, -0.15) is 0 Å². The number of carbonyl (C=O) groups excluding carboxylic acids is 12. The van der Waals surface area contributed by atoms with Crippen LogP contribution in [0, 0.1) is 5.92 Å². The van der Waals surface area contributed by atoms with Crippen LogP contribution in [0.4, 0.5) is 0 Å². The minimum absolute atomic E-state index is 0.0116. The fourth-order valence-electron chi connectivity index (χ4n) is 9.29. The van der Waals surface area contributed by atoms with Crippen molar-refractivity contribution in [2.45, 2.75) is 203 Å². The highest BCUT2D eigenvalue weighted by Crippen LogP contribution is 2.20. The highest BCUT2D eigenvalue weighted by molar-refractivity contribution is 6.24. The first-order valence-corrected chi connectivity index (χ1v) is 29.7. The van der Waals surface area contributed by atoms with Crippen LogP contribution in [0.15, 0.2) is 4.99 Å². The van der Waals surface area contributed by atoms with E-state index in [4.69, 9.17) is 40.1 Å². The molecule has 0 radical (unpaired) electrons. The van der Waals surface area contributed by atoms with Gasteiger partial charge in [-0.05, 0) is 148 Å². The standard InChI is InChI=1S/C54H96N18O16/c1-30(2)43(52(87)69-37(20-21-41(75)76)49(84)70-38(44(59)79)28-42(77)78)71-50(85)35(17-7-11-25-58)66-48(83)36(18-12-26-62-54(60)61)67-46(81)33(15-5-9-23-56)64-45(80)32(14-4-8-22-55)65-47(82)34(16-6-10-24-57)68-51(86)39-19-13-27-72(39)53(88)31(3)63-40(74)29-73/h29-39,43H,4-28,55-58H2,1-3H3,(H2,59,79)(H,63,74)(H,64,80)(H,65,82)(H,66,83)(H,67,81)(H,68,86)(H,69,87)(H,70,84)(H,71,85)(H,75,76)(H,77,78)(H4,60,61,62)/t31-,32-,33-,34-,35-,36-,37-,38-,39-,43-/m0/s1. The number of hydrogen-bond donors (Lipinski definition) is 18. The average Bonchev–Trinajstić information content (AvgIpc) is 2.14. The quantitative estimate of drug-likeness (QED) is 0.00886. The molecule has 0 unspecified atom stereocenters. The lowest BCUT2D eigenvalue weighted by Gasteiger charge is -2.29. The number of primary amides is 1. The minimum atomic E-state index is -1.74. The van der Waals surface area contributed by atoms with E-state index in [1.165, 1.54) is 25.7 Å². The number of nitrogens with two attached hydrogens (primary N) is 7. The van der Waals surface area contributed by atoms with Gasteiger partial charge in [0.2, 0.25) is 65.4 Å². The number of nitrogens with one attached hydrogen (secondary N) is 9. The zero-order valence-corrected chi connectivity index (χ0v) is 50.7. The number of carboxylic acid groups (broad SMARTS) is 2. The lowest BCUT2D eigenvalue weighted by Crippen LogP contribution is -2.61. The molecule has 25 N–H and O–H groups in total. The van der Waals surface area contributed by atoms with Crippen LogP contribution in [-0.2, 0) is 67.1 Å². The van der Waals surface area contributed by atoms with Crippen molar-refractivity contribution in [3.05, 3.63) is 0 Å². The molecule has 34 nitrogen and oxygen atoms in total. The van der Waals surface area contributed by atoms with Gasteiger partial charge in [-0.25, -0.2) is 0 Å². The molecule has 0 spiro atoms. The number of guanidine groups is 1. The minimum Gasteiger partial charge on any atom is -0.481 e. The van der Waals surface area contributed by atoms with E-state index >= 15 is 0 Å². The van der Waals surface area contributed by atoms with Gasteiger partial charge in [0.25, 0.3) is 5.91 Å². The Hall–Kier alpha value is -8.11. The van der Waals surface area contributed by atoms with Crippen molar-refractivity contribution in [3.8, 4) is 0 Å². The van der Waals surface area contributed by atoms with E-state index in [1.807, 2.05) is 0 Å². The molecule has 0 aromatic rings. The zero-order valence-electron chi connectivity index (χ0n) is 50.7. The predicted molar refractivity (Wildman–Crippen MR) is 319 cm³/mol. The molecule has 34 heteroatoms. The van der Waals surface area contributed by atoms with E-state index in [0.717, 1.165) is 0 Å². The number of hydrogen-bond acceptors (Lipinski definition) is 19. The largest absolute Gasteiger partial charge is 0.481 e. The third-order valence-corrected chi connectivity index (χ3v) is 14.1. The first-order valence-electron chi connectivity index (χ1n) is 29.7. The van der Waals surface area contributed by atoms with Crippen LogP contribution >= 0.6 is 0 Å². The molecular formula is C54H96N18O16. The maximum absolute atomic E-state index is 14.5. The fourth-order valence-corrected chi connectivity index (χ4v) is 9.29. The zero-order chi connectivity index (χ0) is 66.5. The Labute approximate surface area is 511 Å². The van der Waals surface area contributed by atoms with Crippen LogP contribution in [0.25, 0.3) is 0 Å². The van der Waals surface area contributed by atoms with Crippen LogP contribution in [-0.4, -0.2) is 204 Å². The summed E-state index contributed by atoms with van der Waals surface area (Å²) in [6.45, 7) is 5.42. The van der Waals surface area contributed by atoms with Gasteiger partial charge in [-0.1, -0.05) is 13.8 Å². The van der Waals surface area contributed by atoms with Crippen molar-refractivity contribution < 1.29 is 77.3 Å². The SMILES string of the molecule is CC(C)[C@H](NC(=O)[C@H](CCCCN)NC(=O)[C@H](CCCN=C(N)N)NC(=O)[C@H](CCCCN)NC(=O)[C@H](CCCCN)NC(=O)[C@H](CCCCN)NC(=O)[C@@H]1CCCN1C(=O)[C@H](C)NC(=O)C=O)C(=O)N[C@@H](CCC(=O)O)C(=O)N[C@@H](CC(=O)O)C(N)=O. The van der Waals surface area contributed by atoms with Gasteiger partial charge in [-0.15, -0.1) is 0 Å². The average molecular weight is 1250 g/mol. The summed E-state index contributed by atoms with van der Waals surface area (Å²) in [5.41, 5.74) is 39.5. The Bertz CT molecular complexity index is 2380. The topological polar surface area (TPSA) is 585 Å². The number of unbranched alkanes of at least 4 members (excludes halogenated alkanes) is 4. The Morgan fingerprint density at radius 2 is 0.886 bits per heavy atom. The normalized spacial score (nSPS) is 15.8. The van der Waals surface area contributed by atoms with Crippen LogP contribution < -0.4 is 88.0 Å². The van der Waals surface area contributed by atoms with Gasteiger partial charge >= 0.3 is 11.9 Å². The summed E-state index contributed by atoms with van der Waals surface area (Å²) in [4.78, 5) is 189. The van der Waals surface area contributed by atoms with Crippen molar-refractivity contribution in [3.63, 3.8) is 0 Å². The number of aliphatic imine (C=N–C) groups is 1. The van der Waals surface area contributed by atoms with Crippen molar-refractivity contribution in [1.82, 2.24) is 52.8 Å². The first-order chi connectivity index (χ1) is 41.6. The molecular weight excluding hydrogens is 1160 g/mol. The second kappa shape index (κ2) is 42.7. The maximum atomic E-state index is 14.5. The summed E-state index contributed by atoms with van der Waals surface area (Å²) >= 11 is 0. The number of carboxylic acids is 2. The highest BCUT2D eigenvalue weighted by atomic mass is 16.4. The summed E-state index contributed by atoms with van der Waals surface area (Å²) in [5, 5.41) is 41.4. The summed E-state index contributed by atoms with van der Waals surface area (Å²) in [5.74, 6) is -13.9. The molecule has 498 valence electrons. The molecule has 0 bridgehead atoms. The number of aliphatic carboxylic acids is 2. The monoisotopic (exact) mass is 1250 g/mol. The van der Waals surface area contributed by atoms with Crippen molar-refractivity contribution in [2.24, 2.45) is 51.0 Å². The van der Waals surface area contributed by atoms with Gasteiger partial charge in [0, 0.05) is 19.5 Å².